The van der Waals surface area contributed by atoms with Crippen molar-refractivity contribution < 1.29 is 14.3 Å². The van der Waals surface area contributed by atoms with Gasteiger partial charge in [0.1, 0.15) is 18.1 Å². The molecule has 0 aromatic heterocycles. The summed E-state index contributed by atoms with van der Waals surface area (Å²) in [6, 6.07) is 12.5. The summed E-state index contributed by atoms with van der Waals surface area (Å²) in [7, 11) is 0. The van der Waals surface area contributed by atoms with Crippen LogP contribution in [-0.4, -0.2) is 25.3 Å². The predicted octanol–water partition coefficient (Wildman–Crippen LogP) is 4.57. The minimum Gasteiger partial charge on any atom is -0.493 e. The van der Waals surface area contributed by atoms with Gasteiger partial charge in [0.25, 0.3) is 5.91 Å². The fourth-order valence-corrected chi connectivity index (χ4v) is 2.43. The average molecular weight is 417 g/mol. The zero-order valence-electron chi connectivity index (χ0n) is 14.6. The molecule has 0 spiro atoms. The van der Waals surface area contributed by atoms with Crippen molar-refractivity contribution in [2.24, 2.45) is 5.10 Å². The van der Waals surface area contributed by atoms with Gasteiger partial charge >= 0.3 is 0 Å². The van der Waals surface area contributed by atoms with E-state index in [9.17, 15) is 4.79 Å². The second-order valence-corrected chi connectivity index (χ2v) is 6.27. The van der Waals surface area contributed by atoms with Crippen molar-refractivity contribution in [2.75, 3.05) is 13.2 Å². The van der Waals surface area contributed by atoms with Gasteiger partial charge in [-0.3, -0.25) is 4.79 Å². The van der Waals surface area contributed by atoms with Crippen molar-refractivity contribution in [3.63, 3.8) is 0 Å². The monoisotopic (exact) mass is 416 g/mol. The third-order valence-electron chi connectivity index (χ3n) is 3.29. The lowest BCUT2D eigenvalue weighted by atomic mass is 10.2. The van der Waals surface area contributed by atoms with E-state index in [0.717, 1.165) is 22.2 Å². The Hall–Kier alpha value is -2.60. The molecule has 1 N–H and O–H groups in total. The number of ether oxygens (including phenoxy) is 2. The zero-order chi connectivity index (χ0) is 18.8. The van der Waals surface area contributed by atoms with Crippen LogP contribution in [0.4, 0.5) is 0 Å². The van der Waals surface area contributed by atoms with Crippen molar-refractivity contribution in [1.82, 2.24) is 5.43 Å². The summed E-state index contributed by atoms with van der Waals surface area (Å²) in [5, 5.41) is 4.03. The summed E-state index contributed by atoms with van der Waals surface area (Å²) in [5.74, 6) is 1.09. The van der Waals surface area contributed by atoms with Crippen LogP contribution in [0.25, 0.3) is 0 Å². The van der Waals surface area contributed by atoms with Crippen LogP contribution in [0.5, 0.6) is 11.5 Å². The quantitative estimate of drug-likeness (QED) is 0.370. The molecule has 0 aliphatic rings. The summed E-state index contributed by atoms with van der Waals surface area (Å²) >= 11 is 3.42. The van der Waals surface area contributed by atoms with Crippen molar-refractivity contribution in [2.45, 2.75) is 13.3 Å². The van der Waals surface area contributed by atoms with Gasteiger partial charge in [-0.15, -0.1) is 0 Å². The van der Waals surface area contributed by atoms with Gasteiger partial charge < -0.3 is 9.47 Å². The molecule has 0 saturated carbocycles. The SMILES string of the molecule is C=CCOc1ccc(C(=O)N/N=C\c2cc(Br)ccc2OCCC)cc1. The molecule has 26 heavy (non-hydrogen) atoms. The summed E-state index contributed by atoms with van der Waals surface area (Å²) < 4.78 is 12.0. The Kier molecular flexibility index (Phi) is 7.89. The highest BCUT2D eigenvalue weighted by molar-refractivity contribution is 9.10. The molecule has 0 bridgehead atoms. The molecule has 0 aliphatic carbocycles. The Morgan fingerprint density at radius 3 is 2.69 bits per heavy atom. The van der Waals surface area contributed by atoms with E-state index < -0.39 is 0 Å². The van der Waals surface area contributed by atoms with Crippen LogP contribution in [0.15, 0.2) is 64.7 Å². The van der Waals surface area contributed by atoms with Crippen molar-refractivity contribution >= 4 is 28.1 Å². The van der Waals surface area contributed by atoms with E-state index >= 15 is 0 Å². The van der Waals surface area contributed by atoms with Gasteiger partial charge in [-0.25, -0.2) is 5.43 Å². The second-order valence-electron chi connectivity index (χ2n) is 5.35. The van der Waals surface area contributed by atoms with Gasteiger partial charge in [-0.1, -0.05) is 35.5 Å². The van der Waals surface area contributed by atoms with Crippen molar-refractivity contribution in [3.8, 4) is 11.5 Å². The molecule has 5 nitrogen and oxygen atoms in total. The Bertz CT molecular complexity index is 773. The Morgan fingerprint density at radius 2 is 2.00 bits per heavy atom. The molecular formula is C20H21BrN2O3. The number of amides is 1. The molecule has 2 rings (SSSR count). The first-order chi connectivity index (χ1) is 12.6. The maximum atomic E-state index is 12.2. The molecule has 0 fully saturated rings. The lowest BCUT2D eigenvalue weighted by Crippen LogP contribution is -2.17. The molecule has 6 heteroatoms. The summed E-state index contributed by atoms with van der Waals surface area (Å²) in [4.78, 5) is 12.2. The van der Waals surface area contributed by atoms with E-state index in [1.165, 1.54) is 0 Å². The highest BCUT2D eigenvalue weighted by Crippen LogP contribution is 2.22. The number of halogens is 1. The molecule has 0 atom stereocenters. The lowest BCUT2D eigenvalue weighted by Gasteiger charge is -2.08. The fraction of sp³-hybridized carbons (Fsp3) is 0.200. The van der Waals surface area contributed by atoms with Crippen LogP contribution in [0.2, 0.25) is 0 Å². The minimum absolute atomic E-state index is 0.303. The standard InChI is InChI=1S/C20H21BrN2O3/c1-3-11-25-18-8-5-15(6-9-18)20(24)23-22-14-16-13-17(21)7-10-19(16)26-12-4-2/h3,5-10,13-14H,1,4,11-12H2,2H3,(H,23,24)/b22-14-. The van der Waals surface area contributed by atoms with E-state index in [4.69, 9.17) is 9.47 Å². The van der Waals surface area contributed by atoms with Gasteiger partial charge in [0.05, 0.1) is 12.8 Å². The number of rotatable bonds is 9. The molecule has 2 aromatic carbocycles. The number of carbonyl (C=O) groups is 1. The smallest absolute Gasteiger partial charge is 0.271 e. The number of hydrogen-bond donors (Lipinski definition) is 1. The lowest BCUT2D eigenvalue weighted by molar-refractivity contribution is 0.0955. The van der Waals surface area contributed by atoms with Crippen LogP contribution in [0, 0.1) is 0 Å². The van der Waals surface area contributed by atoms with Crippen molar-refractivity contribution in [3.05, 3.63) is 70.7 Å². The first kappa shape index (κ1) is 19.7. The van der Waals surface area contributed by atoms with Gasteiger partial charge in [-0.2, -0.15) is 5.10 Å². The normalized spacial score (nSPS) is 10.5. The minimum atomic E-state index is -0.303. The third-order valence-corrected chi connectivity index (χ3v) is 3.78. The summed E-state index contributed by atoms with van der Waals surface area (Å²) in [6.45, 7) is 6.68. The molecule has 0 heterocycles. The van der Waals surface area contributed by atoms with Crippen LogP contribution in [-0.2, 0) is 0 Å². The highest BCUT2D eigenvalue weighted by atomic mass is 79.9. The van der Waals surface area contributed by atoms with Crippen LogP contribution in [0.1, 0.15) is 29.3 Å². The molecule has 0 unspecified atom stereocenters. The van der Waals surface area contributed by atoms with Crippen LogP contribution < -0.4 is 14.9 Å². The predicted molar refractivity (Wildman–Crippen MR) is 107 cm³/mol. The maximum Gasteiger partial charge on any atom is 0.271 e. The molecule has 136 valence electrons. The van der Waals surface area contributed by atoms with E-state index in [2.05, 4.69) is 33.0 Å². The fourth-order valence-electron chi connectivity index (χ4n) is 2.05. The Labute approximate surface area is 161 Å². The summed E-state index contributed by atoms with van der Waals surface area (Å²) in [5.41, 5.74) is 3.79. The molecule has 0 saturated heterocycles. The maximum absolute atomic E-state index is 12.2. The summed E-state index contributed by atoms with van der Waals surface area (Å²) in [6.07, 6.45) is 4.14. The van der Waals surface area contributed by atoms with E-state index in [0.29, 0.717) is 24.5 Å². The number of nitrogens with one attached hydrogen (secondary N) is 1. The van der Waals surface area contributed by atoms with Crippen LogP contribution >= 0.6 is 15.9 Å². The number of benzene rings is 2. The van der Waals surface area contributed by atoms with Gasteiger partial charge in [0.2, 0.25) is 0 Å². The topological polar surface area (TPSA) is 59.9 Å². The van der Waals surface area contributed by atoms with Crippen molar-refractivity contribution in [1.29, 1.82) is 0 Å². The number of hydrogen-bond acceptors (Lipinski definition) is 4. The number of nitrogens with zero attached hydrogens (tertiary/aromatic N) is 1. The van der Waals surface area contributed by atoms with Gasteiger partial charge in [-0.05, 0) is 48.9 Å². The first-order valence-corrected chi connectivity index (χ1v) is 9.03. The number of carbonyl (C=O) groups excluding carboxylic acids is 1. The zero-order valence-corrected chi connectivity index (χ0v) is 16.2. The average Bonchev–Trinajstić information content (AvgIpc) is 2.66. The molecule has 1 amide bonds. The largest absolute Gasteiger partial charge is 0.493 e. The highest BCUT2D eigenvalue weighted by Gasteiger charge is 2.06. The second kappa shape index (κ2) is 10.4. The molecule has 0 aliphatic heterocycles. The van der Waals surface area contributed by atoms with Crippen LogP contribution in [0.3, 0.4) is 0 Å². The van der Waals surface area contributed by atoms with E-state index in [-0.39, 0.29) is 5.91 Å². The van der Waals surface area contributed by atoms with Gasteiger partial charge in [0.15, 0.2) is 0 Å². The third kappa shape index (κ3) is 6.04. The van der Waals surface area contributed by atoms with Gasteiger partial charge in [0, 0.05) is 15.6 Å². The van der Waals surface area contributed by atoms with E-state index in [1.54, 1.807) is 36.6 Å². The molecular weight excluding hydrogens is 396 g/mol. The molecule has 0 radical (unpaired) electrons. The first-order valence-electron chi connectivity index (χ1n) is 8.23. The Morgan fingerprint density at radius 1 is 1.23 bits per heavy atom. The molecule has 2 aromatic rings. The Balaban J connectivity index is 2.00. The van der Waals surface area contributed by atoms with E-state index in [1.807, 2.05) is 25.1 Å². The number of hydrazone groups is 1.